The highest BCUT2D eigenvalue weighted by atomic mass is 31.2. The largest absolute Gasteiger partial charge is 0.778 e. The molecule has 5 rings (SSSR count). The smallest absolute Gasteiger partial charge is 0.280 e. The first-order valence-electron chi connectivity index (χ1n) is 12.5. The van der Waals surface area contributed by atoms with Crippen molar-refractivity contribution in [2.75, 3.05) is 24.9 Å². The van der Waals surface area contributed by atoms with Crippen LogP contribution in [0.15, 0.2) is 35.4 Å². The second kappa shape index (κ2) is 11.2. The summed E-state index contributed by atoms with van der Waals surface area (Å²) in [6.07, 6.45) is -2.27. The maximum atomic E-state index is 12.6. The summed E-state index contributed by atoms with van der Waals surface area (Å²) < 4.78 is 54.1. The molecule has 4 heterocycles. The van der Waals surface area contributed by atoms with Gasteiger partial charge in [0.25, 0.3) is 11.2 Å². The van der Waals surface area contributed by atoms with E-state index in [9.17, 15) is 33.8 Å². The van der Waals surface area contributed by atoms with E-state index < -0.39 is 68.5 Å². The highest BCUT2D eigenvalue weighted by Crippen LogP contribution is 2.54. The first kappa shape index (κ1) is 30.4. The monoisotopic (exact) mass is 628 g/mol. The predicted octanol–water partition coefficient (Wildman–Crippen LogP) is 0.368. The van der Waals surface area contributed by atoms with Crippen molar-refractivity contribution in [2.45, 2.75) is 50.6 Å². The molecule has 2 fully saturated rings. The molecule has 3 aromatic rings. The predicted molar refractivity (Wildman–Crippen MR) is 139 cm³/mol. The molecule has 228 valence electrons. The number of hydrogen-bond acceptors (Lipinski definition) is 15. The lowest BCUT2D eigenvalue weighted by molar-refractivity contribution is -0.384. The van der Waals surface area contributed by atoms with Crippen molar-refractivity contribution in [3.05, 3.63) is 56.6 Å². The van der Waals surface area contributed by atoms with E-state index in [1.807, 2.05) is 0 Å². The van der Waals surface area contributed by atoms with Gasteiger partial charge in [-0.3, -0.25) is 24.5 Å². The molecule has 42 heavy (non-hydrogen) atoms. The van der Waals surface area contributed by atoms with E-state index in [0.29, 0.717) is 5.56 Å². The second-order valence-corrected chi connectivity index (χ2v) is 14.2. The van der Waals surface area contributed by atoms with Gasteiger partial charge in [-0.2, -0.15) is 4.98 Å². The van der Waals surface area contributed by atoms with Crippen LogP contribution in [0, 0.1) is 10.1 Å². The lowest BCUT2D eigenvalue weighted by Gasteiger charge is -2.32. The summed E-state index contributed by atoms with van der Waals surface area (Å²) in [7, 11) is -9.88. The molecule has 0 aliphatic carbocycles. The Morgan fingerprint density at radius 3 is 2.50 bits per heavy atom. The van der Waals surface area contributed by atoms with E-state index in [0.717, 1.165) is 0 Å². The fraction of sp³-hybridized carbons (Fsp3) is 0.500. The number of aromatic amines is 1. The summed E-state index contributed by atoms with van der Waals surface area (Å²) >= 11 is 0. The molecule has 2 aliphatic heterocycles. The third-order valence-electron chi connectivity index (χ3n) is 6.46. The second-order valence-electron chi connectivity index (χ2n) is 10.1. The lowest BCUT2D eigenvalue weighted by atomic mass is 10.1. The van der Waals surface area contributed by atoms with Crippen LogP contribution >= 0.6 is 15.2 Å². The molecule has 0 radical (unpaired) electrons. The van der Waals surface area contributed by atoms with Crippen LogP contribution in [-0.4, -0.2) is 67.7 Å². The number of ether oxygens (including phenoxy) is 3. The third-order valence-corrected chi connectivity index (χ3v) is 10.3. The number of non-ortho nitro benzene ring substituents is 1. The topological polar surface area (TPSA) is 259 Å². The maximum Gasteiger partial charge on any atom is 0.280 e. The zero-order valence-corrected chi connectivity index (χ0v) is 24.0. The number of benzene rings is 1. The number of nitrogens with two attached hydrogens (primary N) is 1. The van der Waals surface area contributed by atoms with E-state index in [1.54, 1.807) is 13.8 Å². The fourth-order valence-corrected chi connectivity index (χ4v) is 7.81. The molecular formula is C22H26N6O12P2-2. The molecule has 0 amide bonds. The van der Waals surface area contributed by atoms with Gasteiger partial charge in [0, 0.05) is 12.1 Å². The lowest BCUT2D eigenvalue weighted by Crippen LogP contribution is -2.33. The number of nitro benzene ring substituents is 1. The summed E-state index contributed by atoms with van der Waals surface area (Å²) in [4.78, 5) is 57.8. The van der Waals surface area contributed by atoms with Gasteiger partial charge in [-0.05, 0) is 25.8 Å². The van der Waals surface area contributed by atoms with Gasteiger partial charge in [-0.1, -0.05) is 12.1 Å². The first-order valence-corrected chi connectivity index (χ1v) is 15.9. The maximum absolute atomic E-state index is 12.6. The van der Waals surface area contributed by atoms with Crippen molar-refractivity contribution in [1.82, 2.24) is 19.5 Å². The highest BCUT2D eigenvalue weighted by molar-refractivity contribution is 7.69. The van der Waals surface area contributed by atoms with Crippen LogP contribution in [0.5, 0.6) is 0 Å². The fourth-order valence-electron chi connectivity index (χ4n) is 4.71. The Kier molecular flexibility index (Phi) is 8.12. The number of hydrogen-bond donors (Lipinski definition) is 2. The van der Waals surface area contributed by atoms with Gasteiger partial charge in [-0.15, -0.1) is 0 Å². The van der Waals surface area contributed by atoms with Gasteiger partial charge in [0.15, 0.2) is 23.2 Å². The van der Waals surface area contributed by atoms with Gasteiger partial charge in [0.2, 0.25) is 5.95 Å². The molecule has 0 bridgehead atoms. The van der Waals surface area contributed by atoms with Crippen LogP contribution in [0.3, 0.4) is 0 Å². The number of nitrogen functional groups attached to an aromatic ring is 1. The van der Waals surface area contributed by atoms with E-state index in [2.05, 4.69) is 15.0 Å². The molecule has 2 unspecified atom stereocenters. The normalized spacial score (nSPS) is 26.1. The Labute approximate surface area is 236 Å². The van der Waals surface area contributed by atoms with Crippen molar-refractivity contribution in [3.8, 4) is 0 Å². The zero-order valence-electron chi connectivity index (χ0n) is 22.2. The molecule has 20 heteroatoms. The standard InChI is InChI=1S/C22H28N6O12P2/c1-22(2)39-16-14(38-20(17(16)40-22)27-10-24-15-18(27)25-21(23)26-19(15)29)9-37-42(34,35)11-41(32,33)36-8-7-12-3-5-13(6-4-12)28(30)31/h3-6,10,14,16-17,20H,7-9,11H2,1-2H3,(H,32,33)(H,34,35)(H3,23,25,26,29)/p-2/t14-,16-,17-,20-/m1/s1. The molecule has 0 spiro atoms. The molecular weight excluding hydrogens is 602 g/mol. The molecule has 2 aliphatic rings. The quantitative estimate of drug-likeness (QED) is 0.165. The molecule has 2 saturated heterocycles. The minimum Gasteiger partial charge on any atom is -0.778 e. The zero-order chi connectivity index (χ0) is 30.4. The van der Waals surface area contributed by atoms with Crippen LogP contribution in [0.25, 0.3) is 11.2 Å². The van der Waals surface area contributed by atoms with Gasteiger partial charge in [0.1, 0.15) is 33.5 Å². The van der Waals surface area contributed by atoms with Crippen molar-refractivity contribution < 1.29 is 47.1 Å². The molecule has 18 nitrogen and oxygen atoms in total. The van der Waals surface area contributed by atoms with E-state index in [-0.39, 0.29) is 35.8 Å². The van der Waals surface area contributed by atoms with E-state index in [4.69, 9.17) is 29.0 Å². The Balaban J connectivity index is 1.22. The van der Waals surface area contributed by atoms with Crippen LogP contribution in [0.1, 0.15) is 25.6 Å². The van der Waals surface area contributed by atoms with Crippen molar-refractivity contribution in [1.29, 1.82) is 0 Å². The Hall–Kier alpha value is -3.05. The Morgan fingerprint density at radius 2 is 1.81 bits per heavy atom. The number of anilines is 1. The number of rotatable bonds is 11. The van der Waals surface area contributed by atoms with Crippen molar-refractivity contribution in [3.63, 3.8) is 0 Å². The number of imidazole rings is 1. The van der Waals surface area contributed by atoms with Crippen LogP contribution in [0.4, 0.5) is 11.6 Å². The van der Waals surface area contributed by atoms with Gasteiger partial charge in [0.05, 0.1) is 30.4 Å². The summed E-state index contributed by atoms with van der Waals surface area (Å²) in [5, 5.41) is 10.7. The summed E-state index contributed by atoms with van der Waals surface area (Å²) in [6, 6.07) is 5.39. The molecule has 6 atom stereocenters. The Morgan fingerprint density at radius 1 is 1.14 bits per heavy atom. The summed E-state index contributed by atoms with van der Waals surface area (Å²) in [5.74, 6) is -2.65. The van der Waals surface area contributed by atoms with Crippen LogP contribution < -0.4 is 21.1 Å². The Bertz CT molecular complexity index is 1640. The third kappa shape index (κ3) is 6.62. The number of nitro groups is 1. The van der Waals surface area contributed by atoms with Gasteiger partial charge >= 0.3 is 0 Å². The summed E-state index contributed by atoms with van der Waals surface area (Å²) in [5.41, 5.74) is 5.63. The number of nitrogens with zero attached hydrogens (tertiary/aromatic N) is 4. The van der Waals surface area contributed by atoms with Crippen LogP contribution in [-0.2, 0) is 38.8 Å². The molecule has 3 N–H and O–H groups in total. The first-order chi connectivity index (χ1) is 19.6. The minimum atomic E-state index is -4.99. The van der Waals surface area contributed by atoms with E-state index in [1.165, 1.54) is 35.2 Å². The average molecular weight is 628 g/mol. The van der Waals surface area contributed by atoms with Crippen LogP contribution in [0.2, 0.25) is 0 Å². The molecule has 0 saturated carbocycles. The number of fused-ring (bicyclic) bond motifs is 2. The molecule has 2 aromatic heterocycles. The van der Waals surface area contributed by atoms with E-state index >= 15 is 0 Å². The minimum absolute atomic E-state index is 0.00828. The summed E-state index contributed by atoms with van der Waals surface area (Å²) in [6.45, 7) is 2.31. The highest BCUT2D eigenvalue weighted by Gasteiger charge is 2.56. The number of nitrogens with one attached hydrogen (secondary N) is 1. The van der Waals surface area contributed by atoms with Gasteiger partial charge < -0.3 is 47.9 Å². The van der Waals surface area contributed by atoms with Crippen molar-refractivity contribution >= 4 is 38.0 Å². The number of aromatic nitrogens is 4. The van der Waals surface area contributed by atoms with Crippen molar-refractivity contribution in [2.24, 2.45) is 0 Å². The van der Waals surface area contributed by atoms with Gasteiger partial charge in [-0.25, -0.2) is 4.98 Å². The molecule has 1 aromatic carbocycles. The number of H-pyrrole nitrogens is 1. The average Bonchev–Trinajstić information content (AvgIpc) is 3.53. The SMILES string of the molecule is CC1(C)O[C@@H]2[C@H](O1)[C@@H](COP(=O)([O-])CP(=O)([O-])OCCc1ccc([N+](=O)[O-])cc1)O[C@H]2n1cnc2c(=O)[nH]c(N)nc21.